The Balaban J connectivity index is 1.74. The number of methoxy groups -OCH3 is 1. The summed E-state index contributed by atoms with van der Waals surface area (Å²) in [4.78, 5) is 15.7. The molecule has 3 aromatic rings. The van der Waals surface area contributed by atoms with E-state index in [4.69, 9.17) is 21.1 Å². The molecule has 122 valence electrons. The summed E-state index contributed by atoms with van der Waals surface area (Å²) in [6.07, 6.45) is 0.744. The lowest BCUT2D eigenvalue weighted by molar-refractivity contribution is 0.111. The first kappa shape index (κ1) is 16.5. The molecule has 0 bridgehead atoms. The number of nitrogens with zero attached hydrogens (tertiary/aromatic N) is 1. The molecule has 0 spiro atoms. The first-order valence-electron chi connectivity index (χ1n) is 7.16. The van der Waals surface area contributed by atoms with Gasteiger partial charge in [0.15, 0.2) is 6.29 Å². The molecule has 0 aliphatic rings. The number of carbonyl (C=O) groups excluding carboxylic acids is 1. The van der Waals surface area contributed by atoms with Gasteiger partial charge in [-0.1, -0.05) is 29.8 Å². The molecule has 3 rings (SSSR count). The summed E-state index contributed by atoms with van der Waals surface area (Å²) in [6, 6.07) is 12.7. The minimum atomic E-state index is 0.272. The molecule has 1 aromatic heterocycles. The number of benzene rings is 2. The molecule has 1 heterocycles. The summed E-state index contributed by atoms with van der Waals surface area (Å²) >= 11 is 7.70. The second-order valence-electron chi connectivity index (χ2n) is 4.93. The van der Waals surface area contributed by atoms with Crippen molar-refractivity contribution in [3.05, 3.63) is 64.1 Å². The molecule has 0 amide bonds. The molecule has 0 aliphatic heterocycles. The maximum absolute atomic E-state index is 11.2. The van der Waals surface area contributed by atoms with Crippen LogP contribution in [0.3, 0.4) is 0 Å². The lowest BCUT2D eigenvalue weighted by Crippen LogP contribution is -1.99. The fraction of sp³-hybridized carbons (Fsp3) is 0.111. The fourth-order valence-electron chi connectivity index (χ4n) is 2.16. The van der Waals surface area contributed by atoms with Crippen molar-refractivity contribution in [1.82, 2.24) is 4.98 Å². The zero-order valence-corrected chi connectivity index (χ0v) is 14.4. The topological polar surface area (TPSA) is 48.4 Å². The van der Waals surface area contributed by atoms with Gasteiger partial charge in [0, 0.05) is 10.9 Å². The van der Waals surface area contributed by atoms with Gasteiger partial charge in [-0.25, -0.2) is 4.98 Å². The van der Waals surface area contributed by atoms with E-state index in [-0.39, 0.29) is 6.61 Å². The van der Waals surface area contributed by atoms with Gasteiger partial charge in [0.2, 0.25) is 0 Å². The third-order valence-electron chi connectivity index (χ3n) is 3.38. The van der Waals surface area contributed by atoms with Crippen LogP contribution in [0.15, 0.2) is 47.8 Å². The number of rotatable bonds is 6. The van der Waals surface area contributed by atoms with Crippen LogP contribution < -0.4 is 9.47 Å². The van der Waals surface area contributed by atoms with Gasteiger partial charge in [-0.15, -0.1) is 11.3 Å². The van der Waals surface area contributed by atoms with Crippen molar-refractivity contribution in [2.45, 2.75) is 6.61 Å². The Bertz CT molecular complexity index is 863. The smallest absolute Gasteiger partial charge is 0.153 e. The van der Waals surface area contributed by atoms with Crippen molar-refractivity contribution in [1.29, 1.82) is 0 Å². The number of aldehydes is 1. The molecule has 0 unspecified atom stereocenters. The molecule has 0 saturated heterocycles. The average Bonchev–Trinajstić information content (AvgIpc) is 3.09. The molecule has 0 saturated carbocycles. The number of ether oxygens (including phenoxy) is 2. The maximum Gasteiger partial charge on any atom is 0.153 e. The second kappa shape index (κ2) is 7.47. The fourth-order valence-corrected chi connectivity index (χ4v) is 3.28. The zero-order valence-electron chi connectivity index (χ0n) is 12.9. The van der Waals surface area contributed by atoms with E-state index in [1.165, 1.54) is 11.3 Å². The van der Waals surface area contributed by atoms with Crippen molar-refractivity contribution < 1.29 is 14.3 Å². The Hall–Kier alpha value is -2.37. The summed E-state index contributed by atoms with van der Waals surface area (Å²) in [5.74, 6) is 1.11. The van der Waals surface area contributed by atoms with E-state index in [1.54, 1.807) is 25.3 Å². The molecule has 0 fully saturated rings. The third-order valence-corrected chi connectivity index (χ3v) is 4.63. The molecule has 6 heteroatoms. The molecule has 24 heavy (non-hydrogen) atoms. The monoisotopic (exact) mass is 359 g/mol. The highest BCUT2D eigenvalue weighted by Gasteiger charge is 2.10. The van der Waals surface area contributed by atoms with E-state index in [1.807, 2.05) is 29.6 Å². The van der Waals surface area contributed by atoms with Gasteiger partial charge in [0.05, 0.1) is 23.4 Å². The van der Waals surface area contributed by atoms with Gasteiger partial charge in [-0.3, -0.25) is 4.79 Å². The zero-order chi connectivity index (χ0) is 16.9. The van der Waals surface area contributed by atoms with E-state index in [2.05, 4.69) is 4.98 Å². The SMILES string of the molecule is COc1ccc(OCc2csc(-c3ccccc3Cl)n2)c(C=O)c1. The summed E-state index contributed by atoms with van der Waals surface area (Å²) in [7, 11) is 1.55. The minimum absolute atomic E-state index is 0.272. The molecular weight excluding hydrogens is 346 g/mol. The van der Waals surface area contributed by atoms with Crippen molar-refractivity contribution in [2.75, 3.05) is 7.11 Å². The van der Waals surface area contributed by atoms with Crippen LogP contribution in [0.5, 0.6) is 11.5 Å². The second-order valence-corrected chi connectivity index (χ2v) is 6.20. The highest BCUT2D eigenvalue weighted by molar-refractivity contribution is 7.13. The largest absolute Gasteiger partial charge is 0.497 e. The van der Waals surface area contributed by atoms with Crippen molar-refractivity contribution in [2.24, 2.45) is 0 Å². The first-order valence-corrected chi connectivity index (χ1v) is 8.42. The van der Waals surface area contributed by atoms with Crippen molar-refractivity contribution in [3.8, 4) is 22.1 Å². The minimum Gasteiger partial charge on any atom is -0.497 e. The molecule has 2 aromatic carbocycles. The summed E-state index contributed by atoms with van der Waals surface area (Å²) in [5, 5.41) is 3.42. The maximum atomic E-state index is 11.2. The van der Waals surface area contributed by atoms with Crippen LogP contribution in [-0.4, -0.2) is 18.4 Å². The van der Waals surface area contributed by atoms with E-state index < -0.39 is 0 Å². The first-order chi connectivity index (χ1) is 11.7. The Morgan fingerprint density at radius 1 is 1.25 bits per heavy atom. The Labute approximate surface area is 148 Å². The van der Waals surface area contributed by atoms with Gasteiger partial charge in [0.25, 0.3) is 0 Å². The van der Waals surface area contributed by atoms with Gasteiger partial charge < -0.3 is 9.47 Å². The number of hydrogen-bond acceptors (Lipinski definition) is 5. The summed E-state index contributed by atoms with van der Waals surface area (Å²) in [5.41, 5.74) is 2.12. The number of aromatic nitrogens is 1. The molecular formula is C18H14ClNO3S. The van der Waals surface area contributed by atoms with E-state index in [9.17, 15) is 4.79 Å². The lowest BCUT2D eigenvalue weighted by atomic mass is 10.2. The number of hydrogen-bond donors (Lipinski definition) is 0. The Kier molecular flexibility index (Phi) is 5.13. The van der Waals surface area contributed by atoms with Crippen LogP contribution in [0.2, 0.25) is 5.02 Å². The lowest BCUT2D eigenvalue weighted by Gasteiger charge is -2.08. The van der Waals surface area contributed by atoms with Crippen molar-refractivity contribution >= 4 is 29.2 Å². The quantitative estimate of drug-likeness (QED) is 0.589. The van der Waals surface area contributed by atoms with Crippen LogP contribution in [0.4, 0.5) is 0 Å². The Morgan fingerprint density at radius 3 is 2.83 bits per heavy atom. The predicted octanol–water partition coefficient (Wildman–Crippen LogP) is 4.86. The normalized spacial score (nSPS) is 10.4. The van der Waals surface area contributed by atoms with Gasteiger partial charge >= 0.3 is 0 Å². The standard InChI is InChI=1S/C18H14ClNO3S/c1-22-14-6-7-17(12(8-14)9-21)23-10-13-11-24-18(20-13)15-4-2-3-5-16(15)19/h2-9,11H,10H2,1H3. The molecule has 0 N–H and O–H groups in total. The predicted molar refractivity (Wildman–Crippen MR) is 95.3 cm³/mol. The molecule has 0 atom stereocenters. The number of halogens is 1. The number of thiazole rings is 1. The highest BCUT2D eigenvalue weighted by Crippen LogP contribution is 2.30. The third kappa shape index (κ3) is 3.58. The van der Waals surface area contributed by atoms with Crippen LogP contribution in [0.1, 0.15) is 16.1 Å². The average molecular weight is 360 g/mol. The van der Waals surface area contributed by atoms with Gasteiger partial charge in [0.1, 0.15) is 23.1 Å². The molecule has 0 radical (unpaired) electrons. The summed E-state index contributed by atoms with van der Waals surface area (Å²) < 4.78 is 10.8. The van der Waals surface area contributed by atoms with Gasteiger partial charge in [-0.05, 0) is 24.3 Å². The van der Waals surface area contributed by atoms with E-state index in [0.29, 0.717) is 22.1 Å². The Morgan fingerprint density at radius 2 is 2.08 bits per heavy atom. The van der Waals surface area contributed by atoms with Crippen LogP contribution in [0, 0.1) is 0 Å². The van der Waals surface area contributed by atoms with Crippen LogP contribution in [0.25, 0.3) is 10.6 Å². The van der Waals surface area contributed by atoms with Crippen LogP contribution in [-0.2, 0) is 6.61 Å². The highest BCUT2D eigenvalue weighted by atomic mass is 35.5. The molecule has 4 nitrogen and oxygen atoms in total. The van der Waals surface area contributed by atoms with Gasteiger partial charge in [-0.2, -0.15) is 0 Å². The van der Waals surface area contributed by atoms with E-state index >= 15 is 0 Å². The van der Waals surface area contributed by atoms with Crippen molar-refractivity contribution in [3.63, 3.8) is 0 Å². The number of carbonyl (C=O) groups is 1. The van der Waals surface area contributed by atoms with Crippen LogP contribution >= 0.6 is 22.9 Å². The molecule has 0 aliphatic carbocycles. The van der Waals surface area contributed by atoms with E-state index in [0.717, 1.165) is 22.6 Å². The summed E-state index contributed by atoms with van der Waals surface area (Å²) in [6.45, 7) is 0.272.